The number of rotatable bonds is 5. The van der Waals surface area contributed by atoms with Gasteiger partial charge in [0.25, 0.3) is 0 Å². The SMILES string of the molecule is CC(O)CNSc1ccc(N=O)cc1. The standard InChI is InChI=1S/C9H12N2O2S/c1-7(12)6-10-14-9-4-2-8(11-13)3-5-9/h2-5,7,10,12H,6H2,1H3. The minimum Gasteiger partial charge on any atom is -0.392 e. The van der Waals surface area contributed by atoms with Gasteiger partial charge < -0.3 is 5.11 Å². The van der Waals surface area contributed by atoms with Crippen LogP contribution in [0, 0.1) is 4.91 Å². The molecule has 1 aromatic rings. The Kier molecular flexibility index (Phi) is 4.58. The summed E-state index contributed by atoms with van der Waals surface area (Å²) in [6.07, 6.45) is -0.363. The summed E-state index contributed by atoms with van der Waals surface area (Å²) in [5.41, 5.74) is 0.421. The van der Waals surface area contributed by atoms with Crippen molar-refractivity contribution in [2.75, 3.05) is 6.54 Å². The van der Waals surface area contributed by atoms with Gasteiger partial charge in [-0.1, -0.05) is 0 Å². The van der Waals surface area contributed by atoms with E-state index in [1.54, 1.807) is 31.2 Å². The highest BCUT2D eigenvalue weighted by Crippen LogP contribution is 2.18. The van der Waals surface area contributed by atoms with Crippen LogP contribution in [0.15, 0.2) is 34.3 Å². The van der Waals surface area contributed by atoms with Gasteiger partial charge in [0.15, 0.2) is 0 Å². The average molecular weight is 212 g/mol. The predicted octanol–water partition coefficient (Wildman–Crippen LogP) is 2.06. The minimum absolute atomic E-state index is 0.363. The Labute approximate surface area is 86.8 Å². The molecule has 0 aromatic heterocycles. The fourth-order valence-electron chi connectivity index (χ4n) is 0.821. The molecule has 0 saturated carbocycles. The summed E-state index contributed by atoms with van der Waals surface area (Å²) in [7, 11) is 0. The van der Waals surface area contributed by atoms with E-state index in [9.17, 15) is 4.91 Å². The van der Waals surface area contributed by atoms with Crippen molar-refractivity contribution >= 4 is 17.6 Å². The van der Waals surface area contributed by atoms with Crippen LogP contribution in [0.5, 0.6) is 0 Å². The topological polar surface area (TPSA) is 61.7 Å². The third-order valence-electron chi connectivity index (χ3n) is 1.51. The van der Waals surface area contributed by atoms with Crippen molar-refractivity contribution in [3.8, 4) is 0 Å². The number of nitrogens with one attached hydrogen (secondary N) is 1. The number of benzene rings is 1. The summed E-state index contributed by atoms with van der Waals surface area (Å²) < 4.78 is 3.00. The maximum absolute atomic E-state index is 10.1. The van der Waals surface area contributed by atoms with E-state index in [0.717, 1.165) is 4.90 Å². The van der Waals surface area contributed by atoms with Crippen molar-refractivity contribution < 1.29 is 5.11 Å². The van der Waals surface area contributed by atoms with Gasteiger partial charge in [0.1, 0.15) is 5.69 Å². The Morgan fingerprint density at radius 3 is 2.64 bits per heavy atom. The van der Waals surface area contributed by atoms with Gasteiger partial charge in [0.2, 0.25) is 0 Å². The zero-order valence-electron chi connectivity index (χ0n) is 7.80. The van der Waals surface area contributed by atoms with Crippen LogP contribution in [0.25, 0.3) is 0 Å². The maximum atomic E-state index is 10.1. The highest BCUT2D eigenvalue weighted by Gasteiger charge is 1.97. The lowest BCUT2D eigenvalue weighted by Crippen LogP contribution is -2.18. The summed E-state index contributed by atoms with van der Waals surface area (Å²) in [6, 6.07) is 6.91. The van der Waals surface area contributed by atoms with Crippen molar-refractivity contribution in [1.29, 1.82) is 0 Å². The molecule has 2 N–H and O–H groups in total. The Balaban J connectivity index is 2.40. The normalized spacial score (nSPS) is 12.4. The molecule has 0 radical (unpaired) electrons. The Morgan fingerprint density at radius 2 is 2.14 bits per heavy atom. The van der Waals surface area contributed by atoms with Gasteiger partial charge in [-0.2, -0.15) is 0 Å². The van der Waals surface area contributed by atoms with Crippen LogP contribution >= 0.6 is 11.9 Å². The molecule has 0 saturated heterocycles. The molecule has 4 nitrogen and oxygen atoms in total. The van der Waals surface area contributed by atoms with Crippen LogP contribution in [0.2, 0.25) is 0 Å². The Bertz CT molecular complexity index is 287. The van der Waals surface area contributed by atoms with E-state index in [2.05, 4.69) is 9.90 Å². The summed E-state index contributed by atoms with van der Waals surface area (Å²) >= 11 is 1.41. The Morgan fingerprint density at radius 1 is 1.50 bits per heavy atom. The predicted molar refractivity (Wildman–Crippen MR) is 57.4 cm³/mol. The molecule has 76 valence electrons. The summed E-state index contributed by atoms with van der Waals surface area (Å²) in [6.45, 7) is 2.24. The number of nitroso groups, excluding NO2 is 1. The van der Waals surface area contributed by atoms with E-state index in [-0.39, 0.29) is 6.10 Å². The van der Waals surface area contributed by atoms with Crippen molar-refractivity contribution in [3.05, 3.63) is 29.2 Å². The lowest BCUT2D eigenvalue weighted by Gasteiger charge is -2.05. The smallest absolute Gasteiger partial charge is 0.108 e. The first-order chi connectivity index (χ1) is 6.72. The molecule has 1 rings (SSSR count). The second-order valence-corrected chi connectivity index (χ2v) is 3.85. The molecule has 14 heavy (non-hydrogen) atoms. The number of aliphatic hydroxyl groups is 1. The molecule has 0 aliphatic carbocycles. The molecule has 0 heterocycles. The van der Waals surface area contributed by atoms with Gasteiger partial charge in [-0.3, -0.25) is 4.72 Å². The molecule has 0 fully saturated rings. The van der Waals surface area contributed by atoms with Gasteiger partial charge >= 0.3 is 0 Å². The molecular formula is C9H12N2O2S. The van der Waals surface area contributed by atoms with Gasteiger partial charge in [0, 0.05) is 11.4 Å². The van der Waals surface area contributed by atoms with Crippen LogP contribution in [0.1, 0.15) is 6.92 Å². The molecule has 0 aliphatic heterocycles. The first-order valence-electron chi connectivity index (χ1n) is 4.23. The summed E-state index contributed by atoms with van der Waals surface area (Å²) in [5.74, 6) is 0. The molecule has 0 spiro atoms. The van der Waals surface area contributed by atoms with Crippen molar-refractivity contribution in [2.24, 2.45) is 5.18 Å². The third-order valence-corrected chi connectivity index (χ3v) is 2.33. The molecule has 0 aliphatic rings. The first-order valence-corrected chi connectivity index (χ1v) is 5.05. The fraction of sp³-hybridized carbons (Fsp3) is 0.333. The zero-order valence-corrected chi connectivity index (χ0v) is 8.62. The maximum Gasteiger partial charge on any atom is 0.108 e. The number of hydrogen-bond acceptors (Lipinski definition) is 5. The minimum atomic E-state index is -0.363. The number of nitrogens with zero attached hydrogens (tertiary/aromatic N) is 1. The van der Waals surface area contributed by atoms with E-state index in [1.165, 1.54) is 11.9 Å². The van der Waals surface area contributed by atoms with Crippen LogP contribution in [-0.4, -0.2) is 17.8 Å². The van der Waals surface area contributed by atoms with Crippen molar-refractivity contribution in [1.82, 2.24) is 4.72 Å². The first kappa shape index (κ1) is 11.2. The average Bonchev–Trinajstić information content (AvgIpc) is 2.18. The highest BCUT2D eigenvalue weighted by molar-refractivity contribution is 7.97. The van der Waals surface area contributed by atoms with Crippen LogP contribution in [0.3, 0.4) is 0 Å². The lowest BCUT2D eigenvalue weighted by atomic mass is 10.3. The molecular weight excluding hydrogens is 200 g/mol. The molecule has 1 aromatic carbocycles. The van der Waals surface area contributed by atoms with Crippen LogP contribution in [-0.2, 0) is 0 Å². The molecule has 1 atom stereocenters. The number of hydrogen-bond donors (Lipinski definition) is 2. The second kappa shape index (κ2) is 5.74. The van der Waals surface area contributed by atoms with Crippen LogP contribution in [0.4, 0.5) is 5.69 Å². The summed E-state index contributed by atoms with van der Waals surface area (Å²) in [4.78, 5) is 11.1. The molecule has 1 unspecified atom stereocenters. The van der Waals surface area contributed by atoms with Crippen molar-refractivity contribution in [3.63, 3.8) is 0 Å². The largest absolute Gasteiger partial charge is 0.392 e. The number of aliphatic hydroxyl groups excluding tert-OH is 1. The van der Waals surface area contributed by atoms with E-state index in [1.807, 2.05) is 0 Å². The van der Waals surface area contributed by atoms with Crippen molar-refractivity contribution in [2.45, 2.75) is 17.9 Å². The van der Waals surface area contributed by atoms with Gasteiger partial charge in [-0.05, 0) is 48.3 Å². The third kappa shape index (κ3) is 3.87. The van der Waals surface area contributed by atoms with E-state index < -0.39 is 0 Å². The lowest BCUT2D eigenvalue weighted by molar-refractivity contribution is 0.200. The molecule has 0 amide bonds. The van der Waals surface area contributed by atoms with E-state index in [4.69, 9.17) is 5.11 Å². The second-order valence-electron chi connectivity index (χ2n) is 2.88. The highest BCUT2D eigenvalue weighted by atomic mass is 32.2. The Hall–Kier alpha value is -0.910. The van der Waals surface area contributed by atoms with Gasteiger partial charge in [-0.25, -0.2) is 0 Å². The van der Waals surface area contributed by atoms with E-state index in [0.29, 0.717) is 12.2 Å². The summed E-state index contributed by atoms with van der Waals surface area (Å²) in [5, 5.41) is 11.8. The van der Waals surface area contributed by atoms with Gasteiger partial charge in [0.05, 0.1) is 6.10 Å². The monoisotopic (exact) mass is 212 g/mol. The zero-order chi connectivity index (χ0) is 10.4. The molecule has 0 bridgehead atoms. The molecule has 5 heteroatoms. The van der Waals surface area contributed by atoms with Crippen LogP contribution < -0.4 is 4.72 Å². The van der Waals surface area contributed by atoms with E-state index >= 15 is 0 Å². The van der Waals surface area contributed by atoms with Gasteiger partial charge in [-0.15, -0.1) is 4.91 Å². The fourth-order valence-corrected chi connectivity index (χ4v) is 1.58. The quantitative estimate of drug-likeness (QED) is 0.579.